The largest absolute Gasteiger partial charge is 0.360 e. The molecule has 0 aliphatic heterocycles. The molecular weight excluding hydrogens is 176 g/mol. The number of H-pyrrole nitrogens is 1. The zero-order chi connectivity index (χ0) is 9.80. The summed E-state index contributed by atoms with van der Waals surface area (Å²) in [4.78, 5) is 11.6. The van der Waals surface area contributed by atoms with Crippen molar-refractivity contribution in [1.82, 2.24) is 15.0 Å². The van der Waals surface area contributed by atoms with Gasteiger partial charge >= 0.3 is 0 Å². The fourth-order valence-electron chi connectivity index (χ4n) is 1.24. The number of anilines is 1. The zero-order valence-corrected chi connectivity index (χ0v) is 7.99. The molecule has 4 heteroatoms. The first-order valence-electron chi connectivity index (χ1n) is 4.61. The van der Waals surface area contributed by atoms with Gasteiger partial charge in [0, 0.05) is 18.9 Å². The van der Waals surface area contributed by atoms with Gasteiger partial charge in [-0.25, -0.2) is 9.97 Å². The van der Waals surface area contributed by atoms with E-state index >= 15 is 0 Å². The van der Waals surface area contributed by atoms with Crippen LogP contribution in [0.5, 0.6) is 0 Å². The van der Waals surface area contributed by atoms with E-state index in [1.165, 1.54) is 0 Å². The minimum atomic E-state index is 0.666. The summed E-state index contributed by atoms with van der Waals surface area (Å²) >= 11 is 0. The first-order chi connectivity index (χ1) is 6.90. The Morgan fingerprint density at radius 1 is 1.43 bits per heavy atom. The van der Waals surface area contributed by atoms with Crippen molar-refractivity contribution < 1.29 is 0 Å². The second-order valence-electron chi connectivity index (χ2n) is 2.88. The van der Waals surface area contributed by atoms with Crippen LogP contribution in [0.2, 0.25) is 0 Å². The van der Waals surface area contributed by atoms with Gasteiger partial charge in [0.2, 0.25) is 5.95 Å². The van der Waals surface area contributed by atoms with Gasteiger partial charge in [-0.15, -0.1) is 0 Å². The highest BCUT2D eigenvalue weighted by atomic mass is 15.1. The third-order valence-corrected chi connectivity index (χ3v) is 1.86. The van der Waals surface area contributed by atoms with Crippen LogP contribution in [-0.2, 0) is 0 Å². The molecule has 2 rings (SSSR count). The average molecular weight is 188 g/mol. The van der Waals surface area contributed by atoms with Crippen LogP contribution in [-0.4, -0.2) is 21.5 Å². The highest BCUT2D eigenvalue weighted by molar-refractivity contribution is 5.55. The number of nitrogens with zero attached hydrogens (tertiary/aromatic N) is 2. The topological polar surface area (TPSA) is 53.6 Å². The van der Waals surface area contributed by atoms with Crippen LogP contribution in [0.3, 0.4) is 0 Å². The normalized spacial score (nSPS) is 10.1. The van der Waals surface area contributed by atoms with Crippen LogP contribution < -0.4 is 5.32 Å². The van der Waals surface area contributed by atoms with Crippen LogP contribution in [0, 0.1) is 0 Å². The summed E-state index contributed by atoms with van der Waals surface area (Å²) < 4.78 is 0. The summed E-state index contributed by atoms with van der Waals surface area (Å²) in [5, 5.41) is 3.07. The number of aromatic nitrogens is 3. The van der Waals surface area contributed by atoms with Crippen molar-refractivity contribution in [2.75, 3.05) is 11.9 Å². The van der Waals surface area contributed by atoms with Crippen LogP contribution in [0.15, 0.2) is 30.6 Å². The Labute approximate surface area is 82.4 Å². The maximum absolute atomic E-state index is 4.35. The average Bonchev–Trinajstić information content (AvgIpc) is 2.71. The molecule has 0 aliphatic carbocycles. The molecule has 0 atom stereocenters. The van der Waals surface area contributed by atoms with Gasteiger partial charge in [-0.3, -0.25) is 0 Å². The lowest BCUT2D eigenvalue weighted by atomic mass is 10.3. The number of hydrogen-bond acceptors (Lipinski definition) is 3. The third-order valence-electron chi connectivity index (χ3n) is 1.86. The van der Waals surface area contributed by atoms with Crippen LogP contribution in [0.1, 0.15) is 6.92 Å². The van der Waals surface area contributed by atoms with Gasteiger partial charge in [0.25, 0.3) is 0 Å². The van der Waals surface area contributed by atoms with Crippen molar-refractivity contribution in [3.8, 4) is 11.4 Å². The van der Waals surface area contributed by atoms with Crippen LogP contribution in [0.4, 0.5) is 5.95 Å². The van der Waals surface area contributed by atoms with E-state index in [1.54, 1.807) is 6.20 Å². The molecule has 2 heterocycles. The molecule has 0 bridgehead atoms. The summed E-state index contributed by atoms with van der Waals surface area (Å²) in [6.45, 7) is 2.85. The fraction of sp³-hybridized carbons (Fsp3) is 0.200. The second kappa shape index (κ2) is 3.91. The lowest BCUT2D eigenvalue weighted by Gasteiger charge is -2.02. The van der Waals surface area contributed by atoms with E-state index in [9.17, 15) is 0 Å². The van der Waals surface area contributed by atoms with Crippen molar-refractivity contribution >= 4 is 5.95 Å². The molecule has 0 amide bonds. The smallest absolute Gasteiger partial charge is 0.223 e. The van der Waals surface area contributed by atoms with E-state index in [0.717, 1.165) is 17.9 Å². The maximum Gasteiger partial charge on any atom is 0.223 e. The van der Waals surface area contributed by atoms with E-state index < -0.39 is 0 Å². The summed E-state index contributed by atoms with van der Waals surface area (Å²) in [6, 6.07) is 5.81. The van der Waals surface area contributed by atoms with Gasteiger partial charge in [0.05, 0.1) is 11.4 Å². The van der Waals surface area contributed by atoms with Crippen molar-refractivity contribution in [3.05, 3.63) is 30.6 Å². The van der Waals surface area contributed by atoms with Gasteiger partial charge in [0.15, 0.2) is 0 Å². The number of aromatic amines is 1. The monoisotopic (exact) mass is 188 g/mol. The Kier molecular flexibility index (Phi) is 2.44. The molecule has 14 heavy (non-hydrogen) atoms. The van der Waals surface area contributed by atoms with Gasteiger partial charge < -0.3 is 10.3 Å². The minimum absolute atomic E-state index is 0.666. The molecule has 0 aliphatic rings. The minimum Gasteiger partial charge on any atom is -0.360 e. The molecular formula is C10H12N4. The fourth-order valence-corrected chi connectivity index (χ4v) is 1.24. The molecule has 2 N–H and O–H groups in total. The quantitative estimate of drug-likeness (QED) is 0.773. The van der Waals surface area contributed by atoms with Crippen molar-refractivity contribution in [2.24, 2.45) is 0 Å². The Morgan fingerprint density at radius 2 is 2.36 bits per heavy atom. The molecule has 72 valence electrons. The van der Waals surface area contributed by atoms with Crippen molar-refractivity contribution in [2.45, 2.75) is 6.92 Å². The Bertz CT molecular complexity index is 394. The van der Waals surface area contributed by atoms with Gasteiger partial charge in [0.1, 0.15) is 0 Å². The first-order valence-corrected chi connectivity index (χ1v) is 4.61. The first kappa shape index (κ1) is 8.74. The van der Waals surface area contributed by atoms with Crippen LogP contribution in [0.25, 0.3) is 11.4 Å². The zero-order valence-electron chi connectivity index (χ0n) is 7.99. The third kappa shape index (κ3) is 1.74. The van der Waals surface area contributed by atoms with E-state index in [2.05, 4.69) is 20.3 Å². The molecule has 2 aromatic rings. The van der Waals surface area contributed by atoms with Gasteiger partial charge in [-0.1, -0.05) is 0 Å². The summed E-state index contributed by atoms with van der Waals surface area (Å²) in [5.41, 5.74) is 1.91. The Balaban J connectivity index is 2.31. The molecule has 0 fully saturated rings. The summed E-state index contributed by atoms with van der Waals surface area (Å²) in [5.74, 6) is 0.666. The predicted molar refractivity (Wildman–Crippen MR) is 56.0 cm³/mol. The molecule has 0 aromatic carbocycles. The predicted octanol–water partition coefficient (Wildman–Crippen LogP) is 1.90. The number of rotatable bonds is 3. The lowest BCUT2D eigenvalue weighted by Crippen LogP contribution is -2.02. The molecule has 0 saturated heterocycles. The van der Waals surface area contributed by atoms with Crippen molar-refractivity contribution in [1.29, 1.82) is 0 Å². The molecule has 0 spiro atoms. The molecule has 0 unspecified atom stereocenters. The highest BCUT2D eigenvalue weighted by Crippen LogP contribution is 2.14. The highest BCUT2D eigenvalue weighted by Gasteiger charge is 2.00. The van der Waals surface area contributed by atoms with E-state index in [0.29, 0.717) is 5.95 Å². The molecule has 0 radical (unpaired) electrons. The Morgan fingerprint density at radius 3 is 3.07 bits per heavy atom. The van der Waals surface area contributed by atoms with E-state index in [4.69, 9.17) is 0 Å². The van der Waals surface area contributed by atoms with Gasteiger partial charge in [-0.2, -0.15) is 0 Å². The van der Waals surface area contributed by atoms with Crippen molar-refractivity contribution in [3.63, 3.8) is 0 Å². The SMILES string of the molecule is CCNc1nccc(-c2ccc[nH]2)n1. The molecule has 2 aromatic heterocycles. The van der Waals surface area contributed by atoms with Gasteiger partial charge in [-0.05, 0) is 25.1 Å². The number of hydrogen-bond donors (Lipinski definition) is 2. The standard InChI is InChI=1S/C10H12N4/c1-2-11-10-13-7-5-9(14-10)8-4-3-6-12-8/h3-7,12H,2H2,1H3,(H,11,13,14). The molecule has 0 saturated carbocycles. The Hall–Kier alpha value is -1.84. The van der Waals surface area contributed by atoms with E-state index in [-0.39, 0.29) is 0 Å². The number of nitrogens with one attached hydrogen (secondary N) is 2. The maximum atomic E-state index is 4.35. The summed E-state index contributed by atoms with van der Waals surface area (Å²) in [7, 11) is 0. The molecule has 4 nitrogen and oxygen atoms in total. The summed E-state index contributed by atoms with van der Waals surface area (Å²) in [6.07, 6.45) is 3.63. The lowest BCUT2D eigenvalue weighted by molar-refractivity contribution is 1.08. The van der Waals surface area contributed by atoms with Crippen LogP contribution >= 0.6 is 0 Å². The second-order valence-corrected chi connectivity index (χ2v) is 2.88. The van der Waals surface area contributed by atoms with E-state index in [1.807, 2.05) is 31.3 Å².